The van der Waals surface area contributed by atoms with Crippen LogP contribution in [-0.2, 0) is 11.2 Å². The van der Waals surface area contributed by atoms with Crippen molar-refractivity contribution in [2.75, 3.05) is 11.4 Å². The minimum absolute atomic E-state index is 0.181. The molecule has 140 valence electrons. The van der Waals surface area contributed by atoms with Crippen LogP contribution in [0.3, 0.4) is 0 Å². The summed E-state index contributed by atoms with van der Waals surface area (Å²) in [6, 6.07) is 20.2. The summed E-state index contributed by atoms with van der Waals surface area (Å²) >= 11 is 0. The van der Waals surface area contributed by atoms with Gasteiger partial charge in [0.2, 0.25) is 0 Å². The van der Waals surface area contributed by atoms with E-state index in [1.165, 1.54) is 6.26 Å². The highest BCUT2D eigenvalue weighted by atomic mass is 16.3. The Bertz CT molecular complexity index is 1010. The first-order valence-corrected chi connectivity index (χ1v) is 9.24. The van der Waals surface area contributed by atoms with E-state index in [4.69, 9.17) is 4.42 Å². The number of para-hydroxylation sites is 1. The van der Waals surface area contributed by atoms with Gasteiger partial charge in [-0.05, 0) is 48.7 Å². The topological polar surface area (TPSA) is 62.6 Å². The number of anilines is 1. The second-order valence-electron chi connectivity index (χ2n) is 6.58. The van der Waals surface area contributed by atoms with Crippen LogP contribution in [0.4, 0.5) is 5.69 Å². The fourth-order valence-electron chi connectivity index (χ4n) is 3.34. The molecule has 3 aromatic rings. The van der Waals surface area contributed by atoms with Gasteiger partial charge in [0.05, 0.1) is 6.26 Å². The molecule has 0 atom stereocenters. The molecule has 2 aromatic carbocycles. The molecule has 0 spiro atoms. The van der Waals surface area contributed by atoms with Gasteiger partial charge in [-0.25, -0.2) is 0 Å². The van der Waals surface area contributed by atoms with Crippen molar-refractivity contribution in [3.63, 3.8) is 0 Å². The minimum atomic E-state index is -0.336. The van der Waals surface area contributed by atoms with E-state index in [-0.39, 0.29) is 17.5 Å². The van der Waals surface area contributed by atoms with E-state index in [1.807, 2.05) is 30.3 Å². The number of aryl methyl sites for hydroxylation is 1. The zero-order valence-electron chi connectivity index (χ0n) is 15.3. The largest absolute Gasteiger partial charge is 0.465 e. The first kappa shape index (κ1) is 17.8. The second kappa shape index (κ2) is 7.96. The van der Waals surface area contributed by atoms with Crippen LogP contribution in [0.25, 0.3) is 6.08 Å². The summed E-state index contributed by atoms with van der Waals surface area (Å²) in [5.41, 5.74) is 2.69. The van der Waals surface area contributed by atoms with E-state index in [0.29, 0.717) is 17.9 Å². The van der Waals surface area contributed by atoms with Gasteiger partial charge in [-0.15, -0.1) is 0 Å². The minimum Gasteiger partial charge on any atom is -0.465 e. The molecule has 0 radical (unpaired) electrons. The molecule has 0 aliphatic carbocycles. The van der Waals surface area contributed by atoms with Crippen molar-refractivity contribution in [1.82, 2.24) is 5.32 Å². The zero-order valence-corrected chi connectivity index (χ0v) is 15.3. The molecule has 0 saturated heterocycles. The van der Waals surface area contributed by atoms with Gasteiger partial charge in [0.15, 0.2) is 0 Å². The van der Waals surface area contributed by atoms with Crippen LogP contribution in [-0.4, -0.2) is 18.4 Å². The average Bonchev–Trinajstić information content (AvgIpc) is 3.26. The van der Waals surface area contributed by atoms with Crippen LogP contribution in [0, 0.1) is 0 Å². The normalized spacial score (nSPS) is 13.7. The first-order chi connectivity index (χ1) is 13.7. The van der Waals surface area contributed by atoms with Crippen molar-refractivity contribution in [1.29, 1.82) is 0 Å². The molecular weight excluding hydrogens is 352 g/mol. The summed E-state index contributed by atoms with van der Waals surface area (Å²) in [6.07, 6.45) is 4.92. The number of fused-ring (bicyclic) bond motifs is 1. The smallest absolute Gasteiger partial charge is 0.274 e. The Hall–Kier alpha value is -3.60. The van der Waals surface area contributed by atoms with E-state index in [0.717, 1.165) is 24.1 Å². The lowest BCUT2D eigenvalue weighted by Gasteiger charge is -2.30. The van der Waals surface area contributed by atoms with Crippen LogP contribution in [0.2, 0.25) is 0 Å². The van der Waals surface area contributed by atoms with E-state index < -0.39 is 0 Å². The van der Waals surface area contributed by atoms with Crippen molar-refractivity contribution in [2.24, 2.45) is 0 Å². The van der Waals surface area contributed by atoms with Crippen molar-refractivity contribution in [3.8, 4) is 0 Å². The number of hydrogen-bond acceptors (Lipinski definition) is 3. The van der Waals surface area contributed by atoms with Gasteiger partial charge in [-0.2, -0.15) is 0 Å². The SMILES string of the molecule is O=C(NC(=Cc1ccco1)C(=O)N1CCCc2ccccc21)c1ccccc1. The summed E-state index contributed by atoms with van der Waals surface area (Å²) < 4.78 is 5.36. The molecule has 1 aliphatic heterocycles. The Balaban J connectivity index is 1.66. The third kappa shape index (κ3) is 3.74. The average molecular weight is 372 g/mol. The summed E-state index contributed by atoms with van der Waals surface area (Å²) in [6.45, 7) is 0.604. The van der Waals surface area contributed by atoms with Gasteiger partial charge in [0.1, 0.15) is 11.5 Å². The number of carbonyl (C=O) groups excluding carboxylic acids is 2. The maximum Gasteiger partial charge on any atom is 0.274 e. The number of benzene rings is 2. The summed E-state index contributed by atoms with van der Waals surface area (Å²) in [5.74, 6) is -0.0908. The molecule has 1 aromatic heterocycles. The number of nitrogens with one attached hydrogen (secondary N) is 1. The molecule has 5 nitrogen and oxygen atoms in total. The van der Waals surface area contributed by atoms with Crippen molar-refractivity contribution < 1.29 is 14.0 Å². The van der Waals surface area contributed by atoms with Crippen molar-refractivity contribution in [3.05, 3.63) is 95.6 Å². The Kier molecular flexibility index (Phi) is 5.06. The predicted octanol–water partition coefficient (Wildman–Crippen LogP) is 4.03. The lowest BCUT2D eigenvalue weighted by Crippen LogP contribution is -2.41. The summed E-state index contributed by atoms with van der Waals surface area (Å²) in [5, 5.41) is 2.77. The van der Waals surface area contributed by atoms with Crippen LogP contribution in [0.15, 0.2) is 83.1 Å². The number of rotatable bonds is 4. The Morgan fingerprint density at radius 1 is 0.964 bits per heavy atom. The van der Waals surface area contributed by atoms with Crippen LogP contribution >= 0.6 is 0 Å². The van der Waals surface area contributed by atoms with E-state index in [9.17, 15) is 9.59 Å². The Labute approximate surface area is 163 Å². The predicted molar refractivity (Wildman–Crippen MR) is 108 cm³/mol. The molecular formula is C23H20N2O3. The first-order valence-electron chi connectivity index (χ1n) is 9.24. The van der Waals surface area contributed by atoms with Crippen LogP contribution in [0.5, 0.6) is 0 Å². The maximum absolute atomic E-state index is 13.4. The molecule has 2 amide bonds. The number of hydrogen-bond donors (Lipinski definition) is 1. The van der Waals surface area contributed by atoms with Gasteiger partial charge >= 0.3 is 0 Å². The van der Waals surface area contributed by atoms with Gasteiger partial charge in [0.25, 0.3) is 11.8 Å². The fourth-order valence-corrected chi connectivity index (χ4v) is 3.34. The molecule has 1 N–H and O–H groups in total. The van der Waals surface area contributed by atoms with Crippen molar-refractivity contribution in [2.45, 2.75) is 12.8 Å². The van der Waals surface area contributed by atoms with E-state index in [1.54, 1.807) is 47.4 Å². The lowest BCUT2D eigenvalue weighted by atomic mass is 10.0. The molecule has 28 heavy (non-hydrogen) atoms. The number of nitrogens with zero attached hydrogens (tertiary/aromatic N) is 1. The van der Waals surface area contributed by atoms with Gasteiger partial charge in [-0.3, -0.25) is 9.59 Å². The fraction of sp³-hybridized carbons (Fsp3) is 0.130. The standard InChI is InChI=1S/C23H20N2O3/c26-22(18-9-2-1-3-10-18)24-20(16-19-12-7-15-28-19)23(27)25-14-6-11-17-8-4-5-13-21(17)25/h1-5,7-10,12-13,15-16H,6,11,14H2,(H,24,26). The number of amides is 2. The zero-order chi connectivity index (χ0) is 19.3. The summed E-state index contributed by atoms with van der Waals surface area (Å²) in [7, 11) is 0. The highest BCUT2D eigenvalue weighted by Gasteiger charge is 2.26. The molecule has 1 aliphatic rings. The van der Waals surface area contributed by atoms with Crippen LogP contribution < -0.4 is 10.2 Å². The highest BCUT2D eigenvalue weighted by molar-refractivity contribution is 6.12. The maximum atomic E-state index is 13.4. The van der Waals surface area contributed by atoms with Crippen molar-refractivity contribution >= 4 is 23.6 Å². The molecule has 0 bridgehead atoms. The number of carbonyl (C=O) groups is 2. The third-order valence-corrected chi connectivity index (χ3v) is 4.70. The quantitative estimate of drug-likeness (QED) is 0.704. The second-order valence-corrected chi connectivity index (χ2v) is 6.58. The Morgan fingerprint density at radius 2 is 1.75 bits per heavy atom. The molecule has 0 unspecified atom stereocenters. The van der Waals surface area contributed by atoms with Gasteiger partial charge < -0.3 is 14.6 Å². The number of furan rings is 1. The molecule has 2 heterocycles. The van der Waals surface area contributed by atoms with Crippen LogP contribution in [0.1, 0.15) is 28.1 Å². The monoisotopic (exact) mass is 372 g/mol. The molecule has 0 fully saturated rings. The van der Waals surface area contributed by atoms with Gasteiger partial charge in [-0.1, -0.05) is 36.4 Å². The molecule has 5 heteroatoms. The highest BCUT2D eigenvalue weighted by Crippen LogP contribution is 2.28. The third-order valence-electron chi connectivity index (χ3n) is 4.70. The van der Waals surface area contributed by atoms with Gasteiger partial charge in [0, 0.05) is 23.9 Å². The van der Waals surface area contributed by atoms with E-state index in [2.05, 4.69) is 5.32 Å². The molecule has 0 saturated carbocycles. The Morgan fingerprint density at radius 3 is 2.54 bits per heavy atom. The van der Waals surface area contributed by atoms with E-state index >= 15 is 0 Å². The lowest BCUT2D eigenvalue weighted by molar-refractivity contribution is -0.115. The summed E-state index contributed by atoms with van der Waals surface area (Å²) in [4.78, 5) is 27.7. The molecule has 4 rings (SSSR count).